The number of ether oxygens (including phenoxy) is 1. The summed E-state index contributed by atoms with van der Waals surface area (Å²) in [7, 11) is 0. The zero-order valence-corrected chi connectivity index (χ0v) is 17.7. The fourth-order valence-corrected chi connectivity index (χ4v) is 2.63. The van der Waals surface area contributed by atoms with Gasteiger partial charge in [-0.1, -0.05) is 36.4 Å². The highest BCUT2D eigenvalue weighted by Gasteiger charge is 2.11. The molecule has 0 bridgehead atoms. The number of amides is 3. The van der Waals surface area contributed by atoms with Crippen LogP contribution in [0.25, 0.3) is 0 Å². The third-order valence-corrected chi connectivity index (χ3v) is 4.34. The Hall–Kier alpha value is -4.53. The van der Waals surface area contributed by atoms with Crippen LogP contribution in [0.2, 0.25) is 0 Å². The van der Waals surface area contributed by atoms with Gasteiger partial charge in [0.2, 0.25) is 0 Å². The lowest BCUT2D eigenvalue weighted by atomic mass is 10.2. The Morgan fingerprint density at radius 1 is 0.848 bits per heavy atom. The first-order chi connectivity index (χ1) is 16.1. The van der Waals surface area contributed by atoms with Crippen LogP contribution in [0.3, 0.4) is 0 Å². The monoisotopic (exact) mass is 445 g/mol. The van der Waals surface area contributed by atoms with Gasteiger partial charge in [-0.25, -0.2) is 5.43 Å². The van der Waals surface area contributed by atoms with Crippen LogP contribution in [0.15, 0.2) is 84.2 Å². The number of nitrogens with one attached hydrogen (secondary N) is 3. The normalized spacial score (nSPS) is 10.4. The Balaban J connectivity index is 1.36. The minimum atomic E-state index is -0.878. The predicted molar refractivity (Wildman–Crippen MR) is 122 cm³/mol. The summed E-state index contributed by atoms with van der Waals surface area (Å²) in [6, 6.07) is 19.9. The Bertz CT molecular complexity index is 1090. The summed E-state index contributed by atoms with van der Waals surface area (Å²) in [5.74, 6) is -1.39. The molecule has 1 heterocycles. The SMILES string of the molecule is O=C(COc1ccc(/C=N\NC(=O)C(=O)NCc2cccnc2)cc1)NCc1ccccc1. The van der Waals surface area contributed by atoms with Crippen molar-refractivity contribution in [1.29, 1.82) is 0 Å². The van der Waals surface area contributed by atoms with Gasteiger partial charge in [0, 0.05) is 25.5 Å². The average molecular weight is 445 g/mol. The van der Waals surface area contributed by atoms with Crippen molar-refractivity contribution in [3.8, 4) is 5.75 Å². The van der Waals surface area contributed by atoms with E-state index in [4.69, 9.17) is 4.74 Å². The van der Waals surface area contributed by atoms with E-state index in [0.29, 0.717) is 17.9 Å². The molecule has 168 valence electrons. The van der Waals surface area contributed by atoms with E-state index in [1.165, 1.54) is 6.21 Å². The van der Waals surface area contributed by atoms with Gasteiger partial charge in [-0.2, -0.15) is 5.10 Å². The molecule has 9 heteroatoms. The lowest BCUT2D eigenvalue weighted by Gasteiger charge is -2.08. The van der Waals surface area contributed by atoms with E-state index >= 15 is 0 Å². The highest BCUT2D eigenvalue weighted by molar-refractivity contribution is 6.35. The van der Waals surface area contributed by atoms with Gasteiger partial charge in [-0.3, -0.25) is 19.4 Å². The average Bonchev–Trinajstić information content (AvgIpc) is 2.86. The van der Waals surface area contributed by atoms with Crippen LogP contribution < -0.4 is 20.8 Å². The lowest BCUT2D eigenvalue weighted by Crippen LogP contribution is -2.37. The summed E-state index contributed by atoms with van der Waals surface area (Å²) < 4.78 is 5.47. The summed E-state index contributed by atoms with van der Waals surface area (Å²) >= 11 is 0. The van der Waals surface area contributed by atoms with E-state index in [9.17, 15) is 14.4 Å². The lowest BCUT2D eigenvalue weighted by molar-refractivity contribution is -0.139. The van der Waals surface area contributed by atoms with Crippen LogP contribution in [-0.4, -0.2) is 35.5 Å². The molecule has 1 aromatic heterocycles. The first kappa shape index (κ1) is 23.1. The van der Waals surface area contributed by atoms with E-state index in [1.54, 1.807) is 48.8 Å². The maximum atomic E-state index is 11.9. The second kappa shape index (κ2) is 12.4. The van der Waals surface area contributed by atoms with E-state index in [2.05, 4.69) is 26.1 Å². The summed E-state index contributed by atoms with van der Waals surface area (Å²) in [5, 5.41) is 9.04. The van der Waals surface area contributed by atoms with Crippen LogP contribution in [0.5, 0.6) is 5.75 Å². The molecule has 0 atom stereocenters. The summed E-state index contributed by atoms with van der Waals surface area (Å²) in [6.45, 7) is 0.520. The van der Waals surface area contributed by atoms with Gasteiger partial charge in [0.05, 0.1) is 6.21 Å². The molecule has 0 aliphatic rings. The number of pyridine rings is 1. The van der Waals surface area contributed by atoms with Crippen molar-refractivity contribution in [2.24, 2.45) is 5.10 Å². The molecule has 0 spiro atoms. The van der Waals surface area contributed by atoms with Crippen molar-refractivity contribution in [2.75, 3.05) is 6.61 Å². The Morgan fingerprint density at radius 2 is 1.58 bits per heavy atom. The molecule has 0 saturated carbocycles. The molecule has 3 N–H and O–H groups in total. The van der Waals surface area contributed by atoms with Crippen LogP contribution in [0.1, 0.15) is 16.7 Å². The number of benzene rings is 2. The Labute approximate surface area is 190 Å². The summed E-state index contributed by atoms with van der Waals surface area (Å²) in [4.78, 5) is 39.4. The minimum Gasteiger partial charge on any atom is -0.484 e. The molecule has 0 fully saturated rings. The third kappa shape index (κ3) is 8.25. The second-order valence-corrected chi connectivity index (χ2v) is 6.86. The Morgan fingerprint density at radius 3 is 2.30 bits per heavy atom. The first-order valence-corrected chi connectivity index (χ1v) is 10.1. The number of aromatic nitrogens is 1. The highest BCUT2D eigenvalue weighted by Crippen LogP contribution is 2.11. The maximum absolute atomic E-state index is 11.9. The molecule has 3 aromatic rings. The number of carbonyl (C=O) groups excluding carboxylic acids is 3. The van der Waals surface area contributed by atoms with Gasteiger partial charge in [0.25, 0.3) is 5.91 Å². The van der Waals surface area contributed by atoms with Crippen molar-refractivity contribution in [3.05, 3.63) is 95.8 Å². The zero-order chi connectivity index (χ0) is 23.3. The van der Waals surface area contributed by atoms with Crippen molar-refractivity contribution < 1.29 is 19.1 Å². The fourth-order valence-electron chi connectivity index (χ4n) is 2.63. The Kier molecular flexibility index (Phi) is 8.66. The van der Waals surface area contributed by atoms with Crippen molar-refractivity contribution >= 4 is 23.9 Å². The van der Waals surface area contributed by atoms with Crippen LogP contribution in [0, 0.1) is 0 Å². The fraction of sp³-hybridized carbons (Fsp3) is 0.125. The molecule has 33 heavy (non-hydrogen) atoms. The van der Waals surface area contributed by atoms with Gasteiger partial charge in [0.15, 0.2) is 6.61 Å². The third-order valence-electron chi connectivity index (χ3n) is 4.34. The number of carbonyl (C=O) groups is 3. The standard InChI is InChI=1S/C24H23N5O4/c30-22(26-14-18-5-2-1-3-6-18)17-33-21-10-8-19(9-11-21)16-28-29-24(32)23(31)27-15-20-7-4-12-25-13-20/h1-13,16H,14-15,17H2,(H,26,30)(H,27,31)(H,29,32)/b28-16-. The van der Waals surface area contributed by atoms with E-state index < -0.39 is 11.8 Å². The van der Waals surface area contributed by atoms with Crippen LogP contribution in [-0.2, 0) is 27.5 Å². The molecule has 0 aliphatic heterocycles. The number of hydrogen-bond acceptors (Lipinski definition) is 6. The van der Waals surface area contributed by atoms with Gasteiger partial charge in [-0.05, 0) is 47.0 Å². The second-order valence-electron chi connectivity index (χ2n) is 6.86. The molecular formula is C24H23N5O4. The number of nitrogens with zero attached hydrogens (tertiary/aromatic N) is 2. The zero-order valence-electron chi connectivity index (χ0n) is 17.7. The number of hydrazone groups is 1. The molecule has 9 nitrogen and oxygen atoms in total. The quantitative estimate of drug-likeness (QED) is 0.262. The molecule has 0 radical (unpaired) electrons. The first-order valence-electron chi connectivity index (χ1n) is 10.1. The summed E-state index contributed by atoms with van der Waals surface area (Å²) in [6.07, 6.45) is 4.61. The van der Waals surface area contributed by atoms with E-state index in [-0.39, 0.29) is 19.1 Å². The highest BCUT2D eigenvalue weighted by atomic mass is 16.5. The molecule has 3 amide bonds. The topological polar surface area (TPSA) is 122 Å². The molecule has 3 rings (SSSR count). The smallest absolute Gasteiger partial charge is 0.329 e. The van der Waals surface area contributed by atoms with Gasteiger partial charge >= 0.3 is 11.8 Å². The van der Waals surface area contributed by atoms with Crippen molar-refractivity contribution in [2.45, 2.75) is 13.1 Å². The molecule has 0 saturated heterocycles. The van der Waals surface area contributed by atoms with E-state index in [0.717, 1.165) is 11.1 Å². The van der Waals surface area contributed by atoms with Crippen molar-refractivity contribution in [1.82, 2.24) is 21.0 Å². The van der Waals surface area contributed by atoms with Crippen LogP contribution in [0.4, 0.5) is 0 Å². The van der Waals surface area contributed by atoms with Gasteiger partial charge in [-0.15, -0.1) is 0 Å². The van der Waals surface area contributed by atoms with Crippen molar-refractivity contribution in [3.63, 3.8) is 0 Å². The largest absolute Gasteiger partial charge is 0.484 e. The molecule has 0 unspecified atom stereocenters. The number of rotatable bonds is 9. The molecule has 0 aliphatic carbocycles. The van der Waals surface area contributed by atoms with Gasteiger partial charge < -0.3 is 15.4 Å². The summed E-state index contributed by atoms with van der Waals surface area (Å²) in [5.41, 5.74) is 4.62. The van der Waals surface area contributed by atoms with E-state index in [1.807, 2.05) is 30.3 Å². The number of hydrogen-bond donors (Lipinski definition) is 3. The van der Waals surface area contributed by atoms with Gasteiger partial charge in [0.1, 0.15) is 5.75 Å². The predicted octanol–water partition coefficient (Wildman–Crippen LogP) is 1.54. The molecule has 2 aromatic carbocycles. The molecular weight excluding hydrogens is 422 g/mol. The minimum absolute atomic E-state index is 0.107. The maximum Gasteiger partial charge on any atom is 0.329 e. The van der Waals surface area contributed by atoms with Crippen LogP contribution >= 0.6 is 0 Å².